The molecular formula is C11H9ClO3. The third-order valence-corrected chi connectivity index (χ3v) is 2.04. The van der Waals surface area contributed by atoms with E-state index in [0.29, 0.717) is 22.4 Å². The molecule has 1 rings (SSSR count). The van der Waals surface area contributed by atoms with Crippen molar-refractivity contribution in [2.45, 2.75) is 6.42 Å². The highest BCUT2D eigenvalue weighted by molar-refractivity contribution is 6.30. The molecule has 3 nitrogen and oxygen atoms in total. The molecule has 0 aliphatic rings. The van der Waals surface area contributed by atoms with Gasteiger partial charge in [0.15, 0.2) is 0 Å². The number of carbonyl (C=O) groups is 2. The van der Waals surface area contributed by atoms with Crippen molar-refractivity contribution in [1.82, 2.24) is 0 Å². The van der Waals surface area contributed by atoms with E-state index in [1.54, 1.807) is 24.3 Å². The summed E-state index contributed by atoms with van der Waals surface area (Å²) < 4.78 is 0. The molecular weight excluding hydrogens is 216 g/mol. The zero-order valence-corrected chi connectivity index (χ0v) is 8.57. The maximum absolute atomic E-state index is 10.6. The van der Waals surface area contributed by atoms with Crippen LogP contribution < -0.4 is 0 Å². The molecule has 0 heterocycles. The van der Waals surface area contributed by atoms with Crippen LogP contribution in [0.1, 0.15) is 11.1 Å². The van der Waals surface area contributed by atoms with Crippen molar-refractivity contribution in [1.29, 1.82) is 0 Å². The van der Waals surface area contributed by atoms with Gasteiger partial charge in [-0.25, -0.2) is 0 Å². The normalized spacial score (nSPS) is 10.5. The molecule has 0 saturated heterocycles. The van der Waals surface area contributed by atoms with Gasteiger partial charge in [0.1, 0.15) is 6.29 Å². The van der Waals surface area contributed by atoms with Gasteiger partial charge in [0.25, 0.3) is 0 Å². The summed E-state index contributed by atoms with van der Waals surface area (Å²) in [5.74, 6) is -0.932. The van der Waals surface area contributed by atoms with E-state index in [4.69, 9.17) is 16.7 Å². The second kappa shape index (κ2) is 5.32. The van der Waals surface area contributed by atoms with Crippen LogP contribution in [0.4, 0.5) is 0 Å². The number of hydrogen-bond acceptors (Lipinski definition) is 2. The lowest BCUT2D eigenvalue weighted by Gasteiger charge is -2.03. The molecule has 0 aliphatic carbocycles. The molecule has 1 aromatic carbocycles. The predicted octanol–water partition coefficient (Wildman–Crippen LogP) is 2.18. The van der Waals surface area contributed by atoms with Crippen LogP contribution >= 0.6 is 11.6 Å². The van der Waals surface area contributed by atoms with Gasteiger partial charge in [0, 0.05) is 5.02 Å². The Morgan fingerprint density at radius 3 is 2.80 bits per heavy atom. The quantitative estimate of drug-likeness (QED) is 0.630. The molecule has 0 aromatic heterocycles. The molecule has 0 atom stereocenters. The predicted molar refractivity (Wildman–Crippen MR) is 57.9 cm³/mol. The minimum Gasteiger partial charge on any atom is -0.481 e. The third-order valence-electron chi connectivity index (χ3n) is 1.80. The van der Waals surface area contributed by atoms with Gasteiger partial charge in [-0.05, 0) is 29.3 Å². The summed E-state index contributed by atoms with van der Waals surface area (Å²) in [6.45, 7) is 0. The monoisotopic (exact) mass is 224 g/mol. The second-order valence-electron chi connectivity index (χ2n) is 2.91. The maximum Gasteiger partial charge on any atom is 0.307 e. The van der Waals surface area contributed by atoms with Crippen LogP contribution in [-0.2, 0) is 16.0 Å². The van der Waals surface area contributed by atoms with Crippen molar-refractivity contribution in [3.8, 4) is 0 Å². The Morgan fingerprint density at radius 2 is 2.20 bits per heavy atom. The second-order valence-corrected chi connectivity index (χ2v) is 3.35. The number of aldehydes is 1. The Labute approximate surface area is 92.0 Å². The van der Waals surface area contributed by atoms with E-state index in [1.165, 1.54) is 6.08 Å². The van der Waals surface area contributed by atoms with Gasteiger partial charge in [-0.2, -0.15) is 0 Å². The summed E-state index contributed by atoms with van der Waals surface area (Å²) in [5, 5.41) is 9.15. The van der Waals surface area contributed by atoms with Crippen LogP contribution in [0.2, 0.25) is 5.02 Å². The lowest BCUT2D eigenvalue weighted by Crippen LogP contribution is -2.01. The summed E-state index contributed by atoms with van der Waals surface area (Å²) in [4.78, 5) is 20.7. The molecule has 1 aromatic rings. The van der Waals surface area contributed by atoms with Crippen LogP contribution in [0, 0.1) is 0 Å². The smallest absolute Gasteiger partial charge is 0.307 e. The first-order valence-electron chi connectivity index (χ1n) is 4.25. The van der Waals surface area contributed by atoms with Crippen LogP contribution in [0.5, 0.6) is 0 Å². The molecule has 0 unspecified atom stereocenters. The summed E-state index contributed by atoms with van der Waals surface area (Å²) in [6.07, 6.45) is 3.40. The van der Waals surface area contributed by atoms with Crippen molar-refractivity contribution < 1.29 is 14.7 Å². The number of carbonyl (C=O) groups excluding carboxylic acids is 1. The molecule has 4 heteroatoms. The number of allylic oxidation sites excluding steroid dienone is 1. The topological polar surface area (TPSA) is 54.4 Å². The first-order chi connectivity index (χ1) is 7.13. The molecule has 1 N–H and O–H groups in total. The molecule has 0 saturated carbocycles. The minimum atomic E-state index is -0.932. The zero-order valence-electron chi connectivity index (χ0n) is 7.81. The van der Waals surface area contributed by atoms with E-state index in [1.807, 2.05) is 0 Å². The van der Waals surface area contributed by atoms with Gasteiger partial charge in [0.2, 0.25) is 0 Å². The number of aliphatic carboxylic acids is 1. The number of halogens is 1. The molecule has 0 radical (unpaired) electrons. The lowest BCUT2D eigenvalue weighted by atomic mass is 10.0. The van der Waals surface area contributed by atoms with Gasteiger partial charge in [0.05, 0.1) is 6.42 Å². The van der Waals surface area contributed by atoms with Crippen molar-refractivity contribution in [2.24, 2.45) is 0 Å². The number of rotatable bonds is 4. The van der Waals surface area contributed by atoms with Crippen LogP contribution in [0.15, 0.2) is 24.3 Å². The summed E-state index contributed by atoms with van der Waals surface area (Å²) in [5.41, 5.74) is 1.28. The van der Waals surface area contributed by atoms with E-state index in [-0.39, 0.29) is 6.42 Å². The molecule has 0 fully saturated rings. The molecule has 0 bridgehead atoms. The van der Waals surface area contributed by atoms with Crippen molar-refractivity contribution >= 4 is 29.9 Å². The van der Waals surface area contributed by atoms with Crippen LogP contribution in [0.3, 0.4) is 0 Å². The lowest BCUT2D eigenvalue weighted by molar-refractivity contribution is -0.136. The third kappa shape index (κ3) is 3.56. The van der Waals surface area contributed by atoms with Gasteiger partial charge >= 0.3 is 5.97 Å². The van der Waals surface area contributed by atoms with E-state index in [0.717, 1.165) is 0 Å². The average molecular weight is 225 g/mol. The first kappa shape index (κ1) is 11.5. The maximum atomic E-state index is 10.6. The van der Waals surface area contributed by atoms with E-state index < -0.39 is 5.97 Å². The number of benzene rings is 1. The fourth-order valence-electron chi connectivity index (χ4n) is 1.20. The SMILES string of the molecule is O=CC=Cc1ccc(Cl)cc1CC(=O)O. The molecule has 78 valence electrons. The van der Waals surface area contributed by atoms with Crippen molar-refractivity contribution in [2.75, 3.05) is 0 Å². The largest absolute Gasteiger partial charge is 0.481 e. The highest BCUT2D eigenvalue weighted by atomic mass is 35.5. The minimum absolute atomic E-state index is 0.112. The molecule has 0 spiro atoms. The molecule has 15 heavy (non-hydrogen) atoms. The van der Waals surface area contributed by atoms with Crippen LogP contribution in [-0.4, -0.2) is 17.4 Å². The average Bonchev–Trinajstić information content (AvgIpc) is 2.16. The Morgan fingerprint density at radius 1 is 1.47 bits per heavy atom. The van der Waals surface area contributed by atoms with E-state index in [2.05, 4.69) is 0 Å². The van der Waals surface area contributed by atoms with Gasteiger partial charge in [-0.1, -0.05) is 23.7 Å². The Balaban J connectivity index is 3.07. The molecule has 0 amide bonds. The zero-order chi connectivity index (χ0) is 11.3. The first-order valence-corrected chi connectivity index (χ1v) is 4.63. The fraction of sp³-hybridized carbons (Fsp3) is 0.0909. The Bertz CT molecular complexity index is 410. The number of carboxylic acid groups (broad SMARTS) is 1. The van der Waals surface area contributed by atoms with E-state index in [9.17, 15) is 9.59 Å². The Hall–Kier alpha value is -1.61. The molecule has 0 aliphatic heterocycles. The van der Waals surface area contributed by atoms with Crippen molar-refractivity contribution in [3.05, 3.63) is 40.4 Å². The Kier molecular flexibility index (Phi) is 4.06. The van der Waals surface area contributed by atoms with Gasteiger partial charge in [-0.3, -0.25) is 9.59 Å². The highest BCUT2D eigenvalue weighted by Gasteiger charge is 2.05. The number of carboxylic acids is 1. The van der Waals surface area contributed by atoms with E-state index >= 15 is 0 Å². The number of hydrogen-bond donors (Lipinski definition) is 1. The van der Waals surface area contributed by atoms with Gasteiger partial charge < -0.3 is 5.11 Å². The summed E-state index contributed by atoms with van der Waals surface area (Å²) in [7, 11) is 0. The standard InChI is InChI=1S/C11H9ClO3/c12-10-4-3-8(2-1-5-13)9(6-10)7-11(14)15/h1-6H,7H2,(H,14,15). The van der Waals surface area contributed by atoms with Crippen molar-refractivity contribution in [3.63, 3.8) is 0 Å². The highest BCUT2D eigenvalue weighted by Crippen LogP contribution is 2.18. The van der Waals surface area contributed by atoms with Gasteiger partial charge in [-0.15, -0.1) is 0 Å². The summed E-state index contributed by atoms with van der Waals surface area (Å²) in [6, 6.07) is 4.91. The summed E-state index contributed by atoms with van der Waals surface area (Å²) >= 11 is 5.75. The van der Waals surface area contributed by atoms with Crippen LogP contribution in [0.25, 0.3) is 6.08 Å². The fourth-order valence-corrected chi connectivity index (χ4v) is 1.39.